The van der Waals surface area contributed by atoms with E-state index in [2.05, 4.69) is 223 Å². The minimum atomic E-state index is 0.00794. The number of anilines is 2. The van der Waals surface area contributed by atoms with E-state index in [0.717, 1.165) is 23.4 Å². The molecule has 1 N–H and O–H groups in total. The molecule has 0 radical (unpaired) electrons. The van der Waals surface area contributed by atoms with Crippen LogP contribution < -0.4 is 5.32 Å². The highest BCUT2D eigenvalue weighted by Crippen LogP contribution is 2.38. The smallest absolute Gasteiger partial charge is 0.0785 e. The molecule has 0 fully saturated rings. The first-order valence-electron chi connectivity index (χ1n) is 19.3. The summed E-state index contributed by atoms with van der Waals surface area (Å²) in [4.78, 5) is 5.27. The molecule has 266 valence electrons. The van der Waals surface area contributed by atoms with E-state index in [1.165, 1.54) is 55.3 Å². The van der Waals surface area contributed by atoms with Crippen molar-refractivity contribution < 1.29 is 0 Å². The third kappa shape index (κ3) is 7.17. The number of hydrogen-bond donors (Lipinski definition) is 1. The van der Waals surface area contributed by atoms with Crippen LogP contribution in [-0.2, 0) is 6.42 Å². The predicted octanol–water partition coefficient (Wildman–Crippen LogP) is 13.5. The van der Waals surface area contributed by atoms with Crippen LogP contribution in [-0.4, -0.2) is 10.8 Å². The average molecular weight is 710 g/mol. The van der Waals surface area contributed by atoms with Crippen LogP contribution in [0.5, 0.6) is 0 Å². The van der Waals surface area contributed by atoms with Gasteiger partial charge in [0.25, 0.3) is 0 Å². The lowest BCUT2D eigenvalue weighted by molar-refractivity contribution is 0.636. The number of allylic oxidation sites excluding steroid dienone is 4. The molecule has 1 heterocycles. The van der Waals surface area contributed by atoms with Gasteiger partial charge in [0.1, 0.15) is 0 Å². The number of para-hydroxylation sites is 3. The van der Waals surface area contributed by atoms with Crippen molar-refractivity contribution in [3.8, 4) is 16.8 Å². The second-order valence-electron chi connectivity index (χ2n) is 14.5. The van der Waals surface area contributed by atoms with Gasteiger partial charge in [-0.2, -0.15) is 0 Å². The summed E-state index contributed by atoms with van der Waals surface area (Å²) in [5.74, 6) is 0.605. The third-order valence-electron chi connectivity index (χ3n) is 10.8. The van der Waals surface area contributed by atoms with Crippen molar-refractivity contribution in [1.29, 1.82) is 0 Å². The molecule has 0 saturated heterocycles. The van der Waals surface area contributed by atoms with Gasteiger partial charge in [-0.3, -0.25) is 4.99 Å². The summed E-state index contributed by atoms with van der Waals surface area (Å²) in [7, 11) is 0. The first-order chi connectivity index (χ1) is 27.2. The van der Waals surface area contributed by atoms with Crippen molar-refractivity contribution in [3.63, 3.8) is 0 Å². The Morgan fingerprint density at radius 2 is 1.35 bits per heavy atom. The molecular formula is C52H43N3. The Labute approximate surface area is 323 Å². The fourth-order valence-electron chi connectivity index (χ4n) is 7.98. The lowest BCUT2D eigenvalue weighted by atomic mass is 9.85. The van der Waals surface area contributed by atoms with E-state index in [4.69, 9.17) is 4.99 Å². The molecule has 3 nitrogen and oxygen atoms in total. The SMILES string of the molecule is CC1C=C(c2ccccc2)C=CC1C=N[C@H](Cc1cccc(Nc2ccccc2-c2ccc3c(c2)c2ccccc2n3-c2ccccc2)c1)c1ccccc1. The largest absolute Gasteiger partial charge is 0.355 e. The summed E-state index contributed by atoms with van der Waals surface area (Å²) in [5.41, 5.74) is 13.0. The number of aromatic nitrogens is 1. The van der Waals surface area contributed by atoms with Gasteiger partial charge in [-0.25, -0.2) is 0 Å². The molecule has 0 amide bonds. The molecule has 1 aliphatic carbocycles. The molecule has 0 bridgehead atoms. The first kappa shape index (κ1) is 34.1. The number of hydrogen-bond acceptors (Lipinski definition) is 2. The van der Waals surface area contributed by atoms with Crippen molar-refractivity contribution in [2.75, 3.05) is 5.32 Å². The van der Waals surface area contributed by atoms with Crippen molar-refractivity contribution in [3.05, 3.63) is 217 Å². The third-order valence-corrected chi connectivity index (χ3v) is 10.8. The fourth-order valence-corrected chi connectivity index (χ4v) is 7.98. The monoisotopic (exact) mass is 709 g/mol. The minimum Gasteiger partial charge on any atom is -0.355 e. The van der Waals surface area contributed by atoms with Crippen LogP contribution in [0, 0.1) is 11.8 Å². The number of benzene rings is 7. The van der Waals surface area contributed by atoms with Crippen LogP contribution in [0.15, 0.2) is 205 Å². The van der Waals surface area contributed by atoms with Crippen LogP contribution in [0.25, 0.3) is 44.2 Å². The molecule has 8 aromatic rings. The highest BCUT2D eigenvalue weighted by molar-refractivity contribution is 6.10. The lowest BCUT2D eigenvalue weighted by Crippen LogP contribution is -2.13. The van der Waals surface area contributed by atoms with E-state index >= 15 is 0 Å². The van der Waals surface area contributed by atoms with Gasteiger partial charge in [0, 0.05) is 45.5 Å². The summed E-state index contributed by atoms with van der Waals surface area (Å²) in [6.07, 6.45) is 9.90. The Balaban J connectivity index is 0.982. The average Bonchev–Trinajstić information content (AvgIpc) is 3.58. The van der Waals surface area contributed by atoms with Crippen molar-refractivity contribution in [2.24, 2.45) is 16.8 Å². The quantitative estimate of drug-likeness (QED) is 0.141. The Morgan fingerprint density at radius 3 is 2.16 bits per heavy atom. The standard InChI is InChI=1S/C52H43N3/c1-37-32-41(39-17-5-2-6-18-39)28-29-43(37)36-53-50(40-19-7-3-8-20-40)34-38-16-15-21-44(33-38)54-49-26-13-11-24-46(49)42-30-31-52-48(35-42)47-25-12-14-27-51(47)55(52)45-22-9-4-10-23-45/h2-33,35-37,43,50,54H,34H2,1H3/t37?,43?,50-/m1/s1. The Bertz CT molecular complexity index is 2670. The second kappa shape index (κ2) is 15.3. The Kier molecular flexibility index (Phi) is 9.50. The Hall–Kier alpha value is -6.71. The highest BCUT2D eigenvalue weighted by atomic mass is 15.0. The highest BCUT2D eigenvalue weighted by Gasteiger charge is 2.18. The van der Waals surface area contributed by atoms with Crippen LogP contribution in [0.3, 0.4) is 0 Å². The van der Waals surface area contributed by atoms with E-state index in [9.17, 15) is 0 Å². The number of aliphatic imine (C=N–C) groups is 1. The summed E-state index contributed by atoms with van der Waals surface area (Å²) >= 11 is 0. The Morgan fingerprint density at radius 1 is 0.636 bits per heavy atom. The maximum absolute atomic E-state index is 5.27. The number of rotatable bonds is 10. The molecule has 0 aliphatic heterocycles. The molecule has 0 spiro atoms. The summed E-state index contributed by atoms with van der Waals surface area (Å²) in [6, 6.07) is 64.9. The first-order valence-corrected chi connectivity index (χ1v) is 19.3. The zero-order valence-electron chi connectivity index (χ0n) is 31.0. The molecular weight excluding hydrogens is 667 g/mol. The molecule has 1 aromatic heterocycles. The summed E-state index contributed by atoms with van der Waals surface area (Å²) in [5, 5.41) is 6.28. The van der Waals surface area contributed by atoms with E-state index < -0.39 is 0 Å². The van der Waals surface area contributed by atoms with Gasteiger partial charge in [-0.05, 0) is 88.7 Å². The van der Waals surface area contributed by atoms with Crippen molar-refractivity contribution >= 4 is 45.0 Å². The van der Waals surface area contributed by atoms with Gasteiger partial charge < -0.3 is 9.88 Å². The van der Waals surface area contributed by atoms with Gasteiger partial charge in [0.2, 0.25) is 0 Å². The lowest BCUT2D eigenvalue weighted by Gasteiger charge is -2.21. The van der Waals surface area contributed by atoms with Crippen LogP contribution in [0.1, 0.15) is 29.7 Å². The molecule has 9 rings (SSSR count). The maximum Gasteiger partial charge on any atom is 0.0785 e. The normalized spacial score (nSPS) is 16.1. The summed E-state index contributed by atoms with van der Waals surface area (Å²) < 4.78 is 2.36. The summed E-state index contributed by atoms with van der Waals surface area (Å²) in [6.45, 7) is 2.29. The van der Waals surface area contributed by atoms with Gasteiger partial charge >= 0.3 is 0 Å². The van der Waals surface area contributed by atoms with Crippen LogP contribution in [0.4, 0.5) is 11.4 Å². The zero-order valence-corrected chi connectivity index (χ0v) is 31.0. The molecule has 1 aliphatic rings. The second-order valence-corrected chi connectivity index (χ2v) is 14.5. The topological polar surface area (TPSA) is 29.3 Å². The van der Waals surface area contributed by atoms with Crippen molar-refractivity contribution in [2.45, 2.75) is 19.4 Å². The van der Waals surface area contributed by atoms with E-state index in [0.29, 0.717) is 5.92 Å². The maximum atomic E-state index is 5.27. The molecule has 2 unspecified atom stereocenters. The number of fused-ring (bicyclic) bond motifs is 3. The van der Waals surface area contributed by atoms with Crippen LogP contribution >= 0.6 is 0 Å². The molecule has 0 saturated carbocycles. The van der Waals surface area contributed by atoms with Gasteiger partial charge in [-0.1, -0.05) is 159 Å². The van der Waals surface area contributed by atoms with E-state index in [1.807, 2.05) is 0 Å². The van der Waals surface area contributed by atoms with Gasteiger partial charge in [0.15, 0.2) is 0 Å². The van der Waals surface area contributed by atoms with E-state index in [1.54, 1.807) is 0 Å². The fraction of sp³-hybridized carbons (Fsp3) is 0.0962. The molecule has 3 heteroatoms. The number of nitrogens with zero attached hydrogens (tertiary/aromatic N) is 2. The zero-order chi connectivity index (χ0) is 37.0. The molecule has 3 atom stereocenters. The van der Waals surface area contributed by atoms with Gasteiger partial charge in [0.05, 0.1) is 17.1 Å². The molecule has 55 heavy (non-hydrogen) atoms. The van der Waals surface area contributed by atoms with Crippen LogP contribution in [0.2, 0.25) is 0 Å². The van der Waals surface area contributed by atoms with Crippen molar-refractivity contribution in [1.82, 2.24) is 4.57 Å². The minimum absolute atomic E-state index is 0.00794. The molecule has 7 aromatic carbocycles. The van der Waals surface area contributed by atoms with E-state index in [-0.39, 0.29) is 12.0 Å². The number of nitrogens with one attached hydrogen (secondary N) is 1. The van der Waals surface area contributed by atoms with Gasteiger partial charge in [-0.15, -0.1) is 0 Å². The predicted molar refractivity (Wildman–Crippen MR) is 234 cm³/mol.